The summed E-state index contributed by atoms with van der Waals surface area (Å²) in [6.07, 6.45) is 0. The molecule has 0 bridgehead atoms. The van der Waals surface area contributed by atoms with Gasteiger partial charge in [0.25, 0.3) is 17.1 Å². The number of nitrogens with zero attached hydrogens (tertiary/aromatic N) is 3. The summed E-state index contributed by atoms with van der Waals surface area (Å²) in [5, 5.41) is 40.0. The number of benzene rings is 1. The van der Waals surface area contributed by atoms with Crippen LogP contribution in [0.5, 0.6) is 11.5 Å². The summed E-state index contributed by atoms with van der Waals surface area (Å²) in [6, 6.07) is 0.451. The Balaban J connectivity index is 0.00000420. The van der Waals surface area contributed by atoms with E-state index in [-0.39, 0.29) is 80.8 Å². The van der Waals surface area contributed by atoms with Crippen LogP contribution in [0, 0.1) is 0 Å². The Bertz CT molecular complexity index is 1440. The number of carbonyl (C=O) groups is 4. The fourth-order valence-corrected chi connectivity index (χ4v) is 5.50. The number of nitrogens with one attached hydrogen (secondary N) is 2. The summed E-state index contributed by atoms with van der Waals surface area (Å²) in [5.74, 6) is -5.63. The molecule has 1 aromatic carbocycles. The van der Waals surface area contributed by atoms with E-state index in [4.69, 9.17) is 10.8 Å². The van der Waals surface area contributed by atoms with Gasteiger partial charge in [0.05, 0.1) is 6.04 Å². The van der Waals surface area contributed by atoms with Crippen LogP contribution in [0.15, 0.2) is 28.7 Å². The molecule has 1 aromatic heterocycles. The quantitative estimate of drug-likeness (QED) is 0.0498. The number of β-lactam (4-membered cyclic amide) rings is 1. The van der Waals surface area contributed by atoms with Crippen molar-refractivity contribution in [1.82, 2.24) is 19.9 Å². The summed E-state index contributed by atoms with van der Waals surface area (Å²) in [5.41, 5.74) is 5.17. The molecule has 3 rings (SSSR count). The minimum absolute atomic E-state index is 0. The molecule has 2 heterocycles. The Morgan fingerprint density at radius 3 is 2.49 bits per heavy atom. The van der Waals surface area contributed by atoms with E-state index >= 15 is 0 Å². The van der Waals surface area contributed by atoms with Gasteiger partial charge in [0.1, 0.15) is 11.7 Å². The van der Waals surface area contributed by atoms with Gasteiger partial charge in [-0.25, -0.2) is 14.1 Å². The van der Waals surface area contributed by atoms with Crippen molar-refractivity contribution in [1.29, 1.82) is 0 Å². The van der Waals surface area contributed by atoms with Crippen LogP contribution in [0.2, 0.25) is 0 Å². The Morgan fingerprint density at radius 1 is 1.24 bits per heavy atom. The molecule has 6 N–H and O–H groups in total. The van der Waals surface area contributed by atoms with Gasteiger partial charge < -0.3 is 36.5 Å². The maximum absolute atomic E-state index is 12.9. The zero-order chi connectivity index (χ0) is 28.9. The summed E-state index contributed by atoms with van der Waals surface area (Å²) in [7, 11) is -5.06. The number of amides is 3. The summed E-state index contributed by atoms with van der Waals surface area (Å²) in [6.45, 7) is -1.05. The number of thioether (sulfide) groups is 1. The Hall–Kier alpha value is -2.14. The molecule has 2 aromatic rings. The van der Waals surface area contributed by atoms with E-state index in [0.717, 1.165) is 23.5 Å². The predicted octanol–water partition coefficient (Wildman–Crippen LogP) is -8.17. The maximum Gasteiger partial charge on any atom is 1.00 e. The van der Waals surface area contributed by atoms with Crippen molar-refractivity contribution >= 4 is 67.3 Å². The van der Waals surface area contributed by atoms with Crippen LogP contribution in [-0.4, -0.2) is 80.5 Å². The van der Waals surface area contributed by atoms with Gasteiger partial charge in [-0.1, -0.05) is 35.1 Å². The van der Waals surface area contributed by atoms with Crippen LogP contribution in [-0.2, 0) is 36.1 Å². The fraction of sp³-hybridized carbons (Fsp3) is 0.263. The summed E-state index contributed by atoms with van der Waals surface area (Å²) in [4.78, 5) is 56.7. The van der Waals surface area contributed by atoms with E-state index in [0.29, 0.717) is 17.3 Å². The van der Waals surface area contributed by atoms with Gasteiger partial charge >= 0.3 is 75.4 Å². The number of aliphatic carboxylic acids is 1. The van der Waals surface area contributed by atoms with Gasteiger partial charge in [-0.3, -0.25) is 18.9 Å². The van der Waals surface area contributed by atoms with E-state index < -0.39 is 75.0 Å². The average Bonchev–Trinajstić information content (AvgIpc) is 3.27. The average molecular weight is 649 g/mol. The van der Waals surface area contributed by atoms with E-state index in [1.807, 2.05) is 0 Å². The largest absolute Gasteiger partial charge is 1.00 e. The molecule has 0 aliphatic carbocycles. The van der Waals surface area contributed by atoms with Crippen LogP contribution in [0.1, 0.15) is 11.3 Å². The van der Waals surface area contributed by atoms with Gasteiger partial charge in [0.15, 0.2) is 10.8 Å². The van der Waals surface area contributed by atoms with Crippen molar-refractivity contribution in [2.24, 2.45) is 5.16 Å². The first kappa shape index (κ1) is 36.9. The second-order valence-corrected chi connectivity index (χ2v) is 10.7. The van der Waals surface area contributed by atoms with Crippen molar-refractivity contribution < 1.29 is 111 Å². The van der Waals surface area contributed by atoms with Gasteiger partial charge in [0.2, 0.25) is 6.61 Å². The molecule has 22 heteroatoms. The second kappa shape index (κ2) is 15.9. The van der Waals surface area contributed by atoms with Gasteiger partial charge in [-0.15, -0.1) is 22.8 Å². The molecule has 0 radical (unpaired) electrons. The van der Waals surface area contributed by atoms with E-state index in [1.54, 1.807) is 0 Å². The van der Waals surface area contributed by atoms with Crippen LogP contribution < -0.4 is 85.7 Å². The number of carbonyl (C=O) groups excluding carboxylic acids is 3. The SMILES string of the molecule is Nc1nc(/C(=N/OCC(=O)O)C(=O)N[C@@H]2C(=O)N(S(=O)(=O)O)[C@@H]2CSC(=O)NCc2ccc([O-])c([O-])c2)cs1.[Na+].[Na+]. The van der Waals surface area contributed by atoms with Crippen LogP contribution in [0.25, 0.3) is 0 Å². The topological polar surface area (TPSA) is 277 Å². The number of thiazole rings is 1. The molecule has 3 amide bonds. The number of aromatic nitrogens is 1. The van der Waals surface area contributed by atoms with Crippen LogP contribution >= 0.6 is 23.1 Å². The number of rotatable bonds is 11. The van der Waals surface area contributed by atoms with Crippen molar-refractivity contribution in [2.75, 3.05) is 18.1 Å². The first-order valence-corrected chi connectivity index (χ1v) is 13.7. The van der Waals surface area contributed by atoms with Crippen molar-refractivity contribution in [3.63, 3.8) is 0 Å². The molecular formula is C19H18N6Na2O11S3. The minimum atomic E-state index is -5.06. The van der Waals surface area contributed by atoms with Crippen molar-refractivity contribution in [3.8, 4) is 11.5 Å². The fourth-order valence-electron chi connectivity index (χ4n) is 3.14. The maximum atomic E-state index is 12.9. The third-order valence-electron chi connectivity index (χ3n) is 4.86. The van der Waals surface area contributed by atoms with Gasteiger partial charge in [0, 0.05) is 17.7 Å². The number of carboxylic acid groups (broad SMARTS) is 1. The molecule has 1 fully saturated rings. The number of hydrogen-bond donors (Lipinski definition) is 5. The first-order valence-electron chi connectivity index (χ1n) is 10.4. The normalized spacial score (nSPS) is 16.5. The Morgan fingerprint density at radius 2 is 1.93 bits per heavy atom. The second-order valence-electron chi connectivity index (χ2n) is 7.54. The van der Waals surface area contributed by atoms with Gasteiger partial charge in [-0.2, -0.15) is 8.42 Å². The van der Waals surface area contributed by atoms with Gasteiger partial charge in [-0.05, 0) is 5.56 Å². The molecule has 0 spiro atoms. The number of carboxylic acids is 1. The Kier molecular flexibility index (Phi) is 14.3. The molecule has 0 saturated carbocycles. The number of hydrogen-bond acceptors (Lipinski definition) is 14. The molecule has 0 unspecified atom stereocenters. The molecule has 1 aliphatic rings. The Labute approximate surface area is 284 Å². The number of nitrogen functional groups attached to an aromatic ring is 1. The molecule has 17 nitrogen and oxygen atoms in total. The van der Waals surface area contributed by atoms with E-state index in [1.165, 1.54) is 11.4 Å². The first-order chi connectivity index (χ1) is 18.3. The third-order valence-corrected chi connectivity index (χ3v) is 7.39. The van der Waals surface area contributed by atoms with Crippen molar-refractivity contribution in [3.05, 3.63) is 34.8 Å². The van der Waals surface area contributed by atoms with E-state index in [9.17, 15) is 42.4 Å². The standard InChI is InChI=1S/C19H20N6O11S3.2Na/c20-18-22-9(6-37-18)14(24-36-5-13(28)29)16(30)23-15-10(25(17(15)31)39(33,34)35)7-38-19(32)21-4-8-1-2-11(26)12(27)3-8;;/h1-3,6,10,15,26-27H,4-5,7H2,(H2,20,22)(H,21,32)(H,23,30)(H,28,29)(H,33,34,35);;/q;2*+1/p-2/b24-14-;;/t10-,15+;;/m1../s1. The molecule has 1 saturated heterocycles. The van der Waals surface area contributed by atoms with E-state index in [2.05, 4.69) is 25.6 Å². The monoisotopic (exact) mass is 648 g/mol. The molecule has 2 atom stereocenters. The third kappa shape index (κ3) is 9.98. The molecule has 210 valence electrons. The smallest absolute Gasteiger partial charge is 0.873 e. The number of oxime groups is 1. The number of nitrogens with two attached hydrogens (primary N) is 1. The predicted molar refractivity (Wildman–Crippen MR) is 131 cm³/mol. The number of anilines is 1. The van der Waals surface area contributed by atoms with Crippen LogP contribution in [0.3, 0.4) is 0 Å². The zero-order valence-electron chi connectivity index (χ0n) is 21.3. The zero-order valence-corrected chi connectivity index (χ0v) is 27.7. The molecular weight excluding hydrogens is 630 g/mol. The summed E-state index contributed by atoms with van der Waals surface area (Å²) < 4.78 is 32.9. The minimum Gasteiger partial charge on any atom is -0.873 e. The molecule has 1 aliphatic heterocycles. The molecule has 41 heavy (non-hydrogen) atoms. The summed E-state index contributed by atoms with van der Waals surface area (Å²) >= 11 is 1.42. The van der Waals surface area contributed by atoms with Crippen LogP contribution in [0.4, 0.5) is 9.93 Å². The van der Waals surface area contributed by atoms with Crippen molar-refractivity contribution in [2.45, 2.75) is 18.6 Å².